The van der Waals surface area contributed by atoms with Crippen LogP contribution < -0.4 is 10.2 Å². The lowest BCUT2D eigenvalue weighted by molar-refractivity contribution is 0.395. The Balaban J connectivity index is 2.02. The second kappa shape index (κ2) is 7.25. The molecule has 1 aliphatic heterocycles. The van der Waals surface area contributed by atoms with E-state index in [1.54, 1.807) is 0 Å². The van der Waals surface area contributed by atoms with Gasteiger partial charge in [-0.25, -0.2) is 4.98 Å². The average molecular weight is 281 g/mol. The van der Waals surface area contributed by atoms with Crippen LogP contribution in [0.1, 0.15) is 50.6 Å². The highest BCUT2D eigenvalue weighted by Crippen LogP contribution is 2.30. The highest BCUT2D eigenvalue weighted by atomic mass is 32.1. The van der Waals surface area contributed by atoms with Crippen LogP contribution in [0.3, 0.4) is 0 Å². The van der Waals surface area contributed by atoms with Gasteiger partial charge in [0.1, 0.15) is 0 Å². The highest BCUT2D eigenvalue weighted by molar-refractivity contribution is 7.15. The van der Waals surface area contributed by atoms with Gasteiger partial charge < -0.3 is 10.2 Å². The van der Waals surface area contributed by atoms with Crippen LogP contribution in [0.2, 0.25) is 0 Å². The molecular formula is C15H27N3S. The summed E-state index contributed by atoms with van der Waals surface area (Å²) in [5.74, 6) is 0.933. The Morgan fingerprint density at radius 3 is 2.58 bits per heavy atom. The van der Waals surface area contributed by atoms with Gasteiger partial charge in [-0.05, 0) is 31.7 Å². The number of aryl methyl sites for hydroxylation is 1. The maximum absolute atomic E-state index is 4.86. The number of rotatable bonds is 6. The molecule has 108 valence electrons. The molecule has 1 aliphatic rings. The minimum Gasteiger partial charge on any atom is -0.348 e. The van der Waals surface area contributed by atoms with Crippen molar-refractivity contribution < 1.29 is 0 Å². The molecule has 1 saturated heterocycles. The van der Waals surface area contributed by atoms with Crippen LogP contribution in [-0.2, 0) is 13.0 Å². The molecule has 1 N–H and O–H groups in total. The third-order valence-corrected chi connectivity index (χ3v) is 5.26. The van der Waals surface area contributed by atoms with Crippen LogP contribution in [-0.4, -0.2) is 24.6 Å². The smallest absolute Gasteiger partial charge is 0.185 e. The first-order valence-electron chi connectivity index (χ1n) is 7.72. The first-order chi connectivity index (χ1) is 9.28. The van der Waals surface area contributed by atoms with E-state index in [1.807, 2.05) is 11.3 Å². The SMILES string of the molecule is CCNCc1sc(N2CCC(CC)CC2)nc1CC. The van der Waals surface area contributed by atoms with Crippen LogP contribution >= 0.6 is 11.3 Å². The van der Waals surface area contributed by atoms with Gasteiger partial charge in [0, 0.05) is 24.5 Å². The Morgan fingerprint density at radius 1 is 1.26 bits per heavy atom. The summed E-state index contributed by atoms with van der Waals surface area (Å²) in [6.45, 7) is 11.1. The molecule has 3 nitrogen and oxygen atoms in total. The fourth-order valence-corrected chi connectivity index (χ4v) is 3.86. The minimum absolute atomic E-state index is 0.933. The molecule has 0 radical (unpaired) electrons. The second-order valence-electron chi connectivity index (χ2n) is 5.34. The van der Waals surface area contributed by atoms with Crippen molar-refractivity contribution in [2.75, 3.05) is 24.5 Å². The largest absolute Gasteiger partial charge is 0.348 e. The zero-order valence-electron chi connectivity index (χ0n) is 12.5. The Hall–Kier alpha value is -0.610. The molecule has 4 heteroatoms. The Kier molecular flexibility index (Phi) is 5.64. The molecule has 0 amide bonds. The van der Waals surface area contributed by atoms with Gasteiger partial charge in [-0.15, -0.1) is 11.3 Å². The Morgan fingerprint density at radius 2 is 2.00 bits per heavy atom. The van der Waals surface area contributed by atoms with Crippen molar-refractivity contribution in [3.05, 3.63) is 10.6 Å². The summed E-state index contributed by atoms with van der Waals surface area (Å²) >= 11 is 1.89. The van der Waals surface area contributed by atoms with Crippen molar-refractivity contribution >= 4 is 16.5 Å². The molecule has 0 aliphatic carbocycles. The molecule has 2 heterocycles. The highest BCUT2D eigenvalue weighted by Gasteiger charge is 2.21. The second-order valence-corrected chi connectivity index (χ2v) is 6.40. The normalized spacial score (nSPS) is 17.1. The van der Waals surface area contributed by atoms with Crippen LogP contribution in [0, 0.1) is 5.92 Å². The summed E-state index contributed by atoms with van der Waals surface area (Å²) in [6, 6.07) is 0. The molecule has 1 fully saturated rings. The zero-order chi connectivity index (χ0) is 13.7. The number of hydrogen-bond donors (Lipinski definition) is 1. The van der Waals surface area contributed by atoms with E-state index in [4.69, 9.17) is 4.98 Å². The van der Waals surface area contributed by atoms with Crippen molar-refractivity contribution in [2.45, 2.75) is 53.0 Å². The number of anilines is 1. The van der Waals surface area contributed by atoms with E-state index in [1.165, 1.54) is 48.1 Å². The lowest BCUT2D eigenvalue weighted by Crippen LogP contribution is -2.33. The van der Waals surface area contributed by atoms with Gasteiger partial charge in [-0.1, -0.05) is 27.2 Å². The molecule has 0 unspecified atom stereocenters. The van der Waals surface area contributed by atoms with Gasteiger partial charge >= 0.3 is 0 Å². The Labute approximate surface area is 121 Å². The van der Waals surface area contributed by atoms with Gasteiger partial charge in [0.15, 0.2) is 5.13 Å². The summed E-state index contributed by atoms with van der Waals surface area (Å²) in [7, 11) is 0. The van der Waals surface area contributed by atoms with Crippen LogP contribution in [0.25, 0.3) is 0 Å². The summed E-state index contributed by atoms with van der Waals surface area (Å²) in [4.78, 5) is 8.78. The zero-order valence-corrected chi connectivity index (χ0v) is 13.4. The quantitative estimate of drug-likeness (QED) is 0.866. The summed E-state index contributed by atoms with van der Waals surface area (Å²) in [5, 5.41) is 4.67. The van der Waals surface area contributed by atoms with Gasteiger partial charge in [0.25, 0.3) is 0 Å². The Bertz CT molecular complexity index is 381. The van der Waals surface area contributed by atoms with Crippen LogP contribution in [0.15, 0.2) is 0 Å². The van der Waals surface area contributed by atoms with Crippen molar-refractivity contribution in [3.8, 4) is 0 Å². The van der Waals surface area contributed by atoms with Crippen molar-refractivity contribution in [3.63, 3.8) is 0 Å². The molecule has 2 rings (SSSR count). The maximum atomic E-state index is 4.86. The lowest BCUT2D eigenvalue weighted by atomic mass is 9.95. The summed E-state index contributed by atoms with van der Waals surface area (Å²) in [5.41, 5.74) is 1.29. The predicted molar refractivity (Wildman–Crippen MR) is 84.1 cm³/mol. The van der Waals surface area contributed by atoms with E-state index in [0.29, 0.717) is 0 Å². The standard InChI is InChI=1S/C15H27N3S/c1-4-12-7-9-18(10-8-12)15-17-13(5-2)14(19-15)11-16-6-3/h12,16H,4-11H2,1-3H3. The molecule has 0 saturated carbocycles. The molecular weight excluding hydrogens is 254 g/mol. The molecule has 0 bridgehead atoms. The van der Waals surface area contributed by atoms with Crippen molar-refractivity contribution in [1.82, 2.24) is 10.3 Å². The van der Waals surface area contributed by atoms with Gasteiger partial charge in [-0.3, -0.25) is 0 Å². The lowest BCUT2D eigenvalue weighted by Gasteiger charge is -2.31. The van der Waals surface area contributed by atoms with Crippen molar-refractivity contribution in [1.29, 1.82) is 0 Å². The molecule has 1 aromatic heterocycles. The third kappa shape index (κ3) is 3.69. The minimum atomic E-state index is 0.933. The number of nitrogens with one attached hydrogen (secondary N) is 1. The predicted octanol–water partition coefficient (Wildman–Crippen LogP) is 3.44. The fraction of sp³-hybridized carbons (Fsp3) is 0.800. The van der Waals surface area contributed by atoms with E-state index < -0.39 is 0 Å². The molecule has 0 atom stereocenters. The van der Waals surface area contributed by atoms with E-state index >= 15 is 0 Å². The summed E-state index contributed by atoms with van der Waals surface area (Å²) < 4.78 is 0. The number of thiazole rings is 1. The maximum Gasteiger partial charge on any atom is 0.185 e. The van der Waals surface area contributed by atoms with Crippen molar-refractivity contribution in [2.24, 2.45) is 5.92 Å². The monoisotopic (exact) mass is 281 g/mol. The number of nitrogens with zero attached hydrogens (tertiary/aromatic N) is 2. The van der Waals surface area contributed by atoms with E-state index in [-0.39, 0.29) is 0 Å². The first kappa shape index (κ1) is 14.8. The van der Waals surface area contributed by atoms with Crippen LogP contribution in [0.5, 0.6) is 0 Å². The van der Waals surface area contributed by atoms with Gasteiger partial charge in [0.05, 0.1) is 5.69 Å². The van der Waals surface area contributed by atoms with Crippen LogP contribution in [0.4, 0.5) is 5.13 Å². The van der Waals surface area contributed by atoms with Gasteiger partial charge in [0.2, 0.25) is 0 Å². The average Bonchev–Trinajstić information content (AvgIpc) is 2.88. The van der Waals surface area contributed by atoms with E-state index in [9.17, 15) is 0 Å². The van der Waals surface area contributed by atoms with Gasteiger partial charge in [-0.2, -0.15) is 0 Å². The topological polar surface area (TPSA) is 28.2 Å². The number of piperidine rings is 1. The van der Waals surface area contributed by atoms with E-state index in [0.717, 1.165) is 25.4 Å². The number of aromatic nitrogens is 1. The molecule has 1 aromatic rings. The molecule has 0 spiro atoms. The third-order valence-electron chi connectivity index (χ3n) is 4.10. The fourth-order valence-electron chi connectivity index (χ4n) is 2.69. The van der Waals surface area contributed by atoms with E-state index in [2.05, 4.69) is 31.0 Å². The number of hydrogen-bond acceptors (Lipinski definition) is 4. The molecule has 19 heavy (non-hydrogen) atoms. The molecule has 0 aromatic carbocycles. The first-order valence-corrected chi connectivity index (χ1v) is 8.54. The summed E-state index contributed by atoms with van der Waals surface area (Å²) in [6.07, 6.45) is 5.04.